The molecule has 15 heavy (non-hydrogen) atoms. The van der Waals surface area contributed by atoms with Gasteiger partial charge in [-0.25, -0.2) is 0 Å². The Morgan fingerprint density at radius 1 is 1.67 bits per heavy atom. The van der Waals surface area contributed by atoms with Crippen molar-refractivity contribution >= 4 is 17.2 Å². The number of hydrazone groups is 1. The molecule has 5 nitrogen and oxygen atoms in total. The number of hydrogen-bond acceptors (Lipinski definition) is 5. The topological polar surface area (TPSA) is 63.6 Å². The Morgan fingerprint density at radius 3 is 3.07 bits per heavy atom. The Labute approximate surface area is 88.2 Å². The predicted molar refractivity (Wildman–Crippen MR) is 57.9 cm³/mol. The fourth-order valence-corrected chi connectivity index (χ4v) is 0.875. The standard InChI is InChI=1S/C10H13N3O2/c1-8(10(14)7-15-2)12-13-9-4-3-5-11-6-9/h3-6,13H,7H2,1-2H3/b12-8-. The zero-order valence-corrected chi connectivity index (χ0v) is 8.73. The minimum Gasteiger partial charge on any atom is -0.376 e. The molecule has 0 atom stereocenters. The smallest absolute Gasteiger partial charge is 0.204 e. The highest BCUT2D eigenvalue weighted by atomic mass is 16.5. The number of aromatic nitrogens is 1. The van der Waals surface area contributed by atoms with E-state index in [1.807, 2.05) is 6.07 Å². The van der Waals surface area contributed by atoms with Crippen molar-refractivity contribution in [3.8, 4) is 0 Å². The highest BCUT2D eigenvalue weighted by Gasteiger charge is 2.04. The second kappa shape index (κ2) is 5.87. The number of rotatable bonds is 5. The van der Waals surface area contributed by atoms with Gasteiger partial charge in [0.2, 0.25) is 5.78 Å². The van der Waals surface area contributed by atoms with Gasteiger partial charge in [-0.15, -0.1) is 0 Å². The lowest BCUT2D eigenvalue weighted by Crippen LogP contribution is -2.17. The molecule has 0 aliphatic heterocycles. The van der Waals surface area contributed by atoms with Gasteiger partial charge in [0, 0.05) is 13.3 Å². The summed E-state index contributed by atoms with van der Waals surface area (Å²) in [6, 6.07) is 3.59. The highest BCUT2D eigenvalue weighted by molar-refractivity contribution is 6.39. The van der Waals surface area contributed by atoms with Gasteiger partial charge in [0.05, 0.1) is 11.9 Å². The summed E-state index contributed by atoms with van der Waals surface area (Å²) in [6.45, 7) is 1.68. The first-order valence-corrected chi connectivity index (χ1v) is 4.46. The van der Waals surface area contributed by atoms with Gasteiger partial charge < -0.3 is 4.74 Å². The van der Waals surface area contributed by atoms with Crippen LogP contribution in [-0.4, -0.2) is 30.2 Å². The fourth-order valence-electron chi connectivity index (χ4n) is 0.875. The molecule has 1 heterocycles. The van der Waals surface area contributed by atoms with E-state index in [4.69, 9.17) is 4.74 Å². The predicted octanol–water partition coefficient (Wildman–Crippen LogP) is 1.08. The van der Waals surface area contributed by atoms with E-state index in [0.717, 1.165) is 5.69 Å². The molecule has 0 unspecified atom stereocenters. The first-order valence-electron chi connectivity index (χ1n) is 4.46. The molecule has 0 fully saturated rings. The lowest BCUT2D eigenvalue weighted by atomic mass is 10.3. The largest absolute Gasteiger partial charge is 0.376 e. The Hall–Kier alpha value is -1.75. The Balaban J connectivity index is 2.54. The van der Waals surface area contributed by atoms with Crippen molar-refractivity contribution in [3.63, 3.8) is 0 Å². The van der Waals surface area contributed by atoms with E-state index in [-0.39, 0.29) is 12.4 Å². The number of methoxy groups -OCH3 is 1. The molecule has 0 amide bonds. The molecule has 1 rings (SSSR count). The SMILES string of the molecule is COCC(=O)/C(C)=N\Nc1cccnc1. The summed E-state index contributed by atoms with van der Waals surface area (Å²) in [7, 11) is 1.47. The van der Waals surface area contributed by atoms with Crippen LogP contribution in [0.25, 0.3) is 0 Å². The van der Waals surface area contributed by atoms with E-state index in [9.17, 15) is 4.79 Å². The second-order valence-corrected chi connectivity index (χ2v) is 2.91. The molecule has 5 heteroatoms. The minimum atomic E-state index is -0.145. The molecule has 1 aromatic heterocycles. The monoisotopic (exact) mass is 207 g/mol. The molecule has 0 saturated heterocycles. The molecule has 0 radical (unpaired) electrons. The number of hydrogen-bond donors (Lipinski definition) is 1. The molecular weight excluding hydrogens is 194 g/mol. The average molecular weight is 207 g/mol. The lowest BCUT2D eigenvalue weighted by Gasteiger charge is -2.01. The van der Waals surface area contributed by atoms with Crippen LogP contribution in [-0.2, 0) is 9.53 Å². The van der Waals surface area contributed by atoms with Crippen molar-refractivity contribution in [2.75, 3.05) is 19.1 Å². The number of nitrogens with one attached hydrogen (secondary N) is 1. The van der Waals surface area contributed by atoms with Gasteiger partial charge in [-0.2, -0.15) is 5.10 Å². The number of nitrogens with zero attached hydrogens (tertiary/aromatic N) is 2. The van der Waals surface area contributed by atoms with Crippen molar-refractivity contribution in [1.82, 2.24) is 4.98 Å². The Bertz CT molecular complexity index is 349. The Morgan fingerprint density at radius 2 is 2.47 bits per heavy atom. The van der Waals surface area contributed by atoms with Crippen LogP contribution in [0.15, 0.2) is 29.6 Å². The normalized spacial score (nSPS) is 11.2. The first-order chi connectivity index (χ1) is 7.24. The summed E-state index contributed by atoms with van der Waals surface area (Å²) >= 11 is 0. The van der Waals surface area contributed by atoms with Crippen molar-refractivity contribution in [1.29, 1.82) is 0 Å². The summed E-state index contributed by atoms with van der Waals surface area (Å²) in [4.78, 5) is 15.2. The first kappa shape index (κ1) is 11.3. The van der Waals surface area contributed by atoms with Crippen LogP contribution in [0.4, 0.5) is 5.69 Å². The van der Waals surface area contributed by atoms with Crippen LogP contribution in [0.2, 0.25) is 0 Å². The highest BCUT2D eigenvalue weighted by Crippen LogP contribution is 2.02. The molecular formula is C10H13N3O2. The molecule has 1 N–H and O–H groups in total. The minimum absolute atomic E-state index is 0.0457. The number of anilines is 1. The third-order valence-corrected chi connectivity index (χ3v) is 1.69. The Kier molecular flexibility index (Phi) is 4.43. The summed E-state index contributed by atoms with van der Waals surface area (Å²) in [5.41, 5.74) is 3.85. The number of pyridine rings is 1. The number of ketones is 1. The molecule has 0 aliphatic rings. The van der Waals surface area contributed by atoms with Gasteiger partial charge in [0.1, 0.15) is 12.3 Å². The van der Waals surface area contributed by atoms with Crippen LogP contribution in [0.3, 0.4) is 0 Å². The summed E-state index contributed by atoms with van der Waals surface area (Å²) in [5, 5.41) is 3.91. The van der Waals surface area contributed by atoms with Gasteiger partial charge in [0.25, 0.3) is 0 Å². The van der Waals surface area contributed by atoms with E-state index >= 15 is 0 Å². The lowest BCUT2D eigenvalue weighted by molar-refractivity contribution is -0.116. The molecule has 0 saturated carbocycles. The zero-order valence-electron chi connectivity index (χ0n) is 8.73. The van der Waals surface area contributed by atoms with Gasteiger partial charge in [-0.05, 0) is 19.1 Å². The van der Waals surface area contributed by atoms with Gasteiger partial charge in [-0.1, -0.05) is 0 Å². The third-order valence-electron chi connectivity index (χ3n) is 1.69. The third kappa shape index (κ3) is 3.86. The van der Waals surface area contributed by atoms with Crippen LogP contribution in [0, 0.1) is 0 Å². The number of carbonyl (C=O) groups excluding carboxylic acids is 1. The van der Waals surface area contributed by atoms with Gasteiger partial charge >= 0.3 is 0 Å². The van der Waals surface area contributed by atoms with Crippen LogP contribution in [0.1, 0.15) is 6.92 Å². The number of ether oxygens (including phenoxy) is 1. The molecule has 80 valence electrons. The maximum absolute atomic E-state index is 11.3. The summed E-state index contributed by atoms with van der Waals surface area (Å²) in [5.74, 6) is -0.145. The molecule has 0 bridgehead atoms. The van der Waals surface area contributed by atoms with E-state index in [2.05, 4.69) is 15.5 Å². The van der Waals surface area contributed by atoms with Crippen molar-refractivity contribution in [3.05, 3.63) is 24.5 Å². The maximum Gasteiger partial charge on any atom is 0.204 e. The van der Waals surface area contributed by atoms with Gasteiger partial charge in [-0.3, -0.25) is 15.2 Å². The molecule has 0 spiro atoms. The number of carbonyl (C=O) groups is 1. The summed E-state index contributed by atoms with van der Waals surface area (Å²) < 4.78 is 4.71. The maximum atomic E-state index is 11.3. The van der Waals surface area contributed by atoms with Crippen LogP contribution in [0.5, 0.6) is 0 Å². The molecule has 0 aromatic carbocycles. The number of Topliss-reactive ketones (excluding diaryl/α,β-unsaturated/α-hetero) is 1. The fraction of sp³-hybridized carbons (Fsp3) is 0.300. The average Bonchev–Trinajstić information content (AvgIpc) is 2.27. The van der Waals surface area contributed by atoms with Crippen molar-refractivity contribution in [2.45, 2.75) is 6.92 Å². The van der Waals surface area contributed by atoms with E-state index in [0.29, 0.717) is 5.71 Å². The van der Waals surface area contributed by atoms with E-state index in [1.165, 1.54) is 7.11 Å². The van der Waals surface area contributed by atoms with E-state index < -0.39 is 0 Å². The quantitative estimate of drug-likeness (QED) is 0.579. The van der Waals surface area contributed by atoms with Crippen molar-refractivity contribution in [2.24, 2.45) is 5.10 Å². The summed E-state index contributed by atoms with van der Waals surface area (Å²) in [6.07, 6.45) is 3.29. The zero-order chi connectivity index (χ0) is 11.1. The van der Waals surface area contributed by atoms with E-state index in [1.54, 1.807) is 25.4 Å². The van der Waals surface area contributed by atoms with Crippen LogP contribution < -0.4 is 5.43 Å². The van der Waals surface area contributed by atoms with Gasteiger partial charge in [0.15, 0.2) is 0 Å². The molecule has 0 aliphatic carbocycles. The molecule has 1 aromatic rings. The second-order valence-electron chi connectivity index (χ2n) is 2.91. The van der Waals surface area contributed by atoms with Crippen LogP contribution >= 0.6 is 0 Å². The van der Waals surface area contributed by atoms with Crippen molar-refractivity contribution < 1.29 is 9.53 Å².